The first-order valence-electron chi connectivity index (χ1n) is 8.86. The van der Waals surface area contributed by atoms with Crippen LogP contribution in [0.15, 0.2) is 12.2 Å². The lowest BCUT2D eigenvalue weighted by molar-refractivity contribution is 0.393. The van der Waals surface area contributed by atoms with Crippen molar-refractivity contribution < 1.29 is 0 Å². The minimum atomic E-state index is -0.713. The van der Waals surface area contributed by atoms with Crippen LogP contribution in [-0.2, 0) is 0 Å². The van der Waals surface area contributed by atoms with E-state index in [9.17, 15) is 0 Å². The van der Waals surface area contributed by atoms with E-state index >= 15 is 0 Å². The van der Waals surface area contributed by atoms with Crippen molar-refractivity contribution in [3.05, 3.63) is 12.2 Å². The smallest absolute Gasteiger partial charge is 0.0998 e. The third kappa shape index (κ3) is 7.10. The molecule has 0 amide bonds. The maximum atomic E-state index is 5.88. The summed E-state index contributed by atoms with van der Waals surface area (Å²) in [6.45, 7) is 0. The molecule has 1 fully saturated rings. The standard InChI is InChI=1S/C18H29Cl2Si/c19-18(20,21)12-8-6-4-2-1-3-5-7-9-16-13-15-10-11-17(16)14-15/h10-11,15-17H,1-9,12-14H2. The summed E-state index contributed by atoms with van der Waals surface area (Å²) in [5, 5.41) is 0. The molecule has 0 spiro atoms. The van der Waals surface area contributed by atoms with E-state index in [4.69, 9.17) is 23.2 Å². The largest absolute Gasteiger partial charge is 0.107 e. The van der Waals surface area contributed by atoms with Crippen LogP contribution in [0.2, 0.25) is 0 Å². The van der Waals surface area contributed by atoms with Gasteiger partial charge in [0.15, 0.2) is 0 Å². The molecule has 0 heterocycles. The minimum Gasteiger partial charge on any atom is -0.107 e. The van der Waals surface area contributed by atoms with E-state index in [0.29, 0.717) is 0 Å². The summed E-state index contributed by atoms with van der Waals surface area (Å²) in [5.74, 6) is 2.91. The van der Waals surface area contributed by atoms with Gasteiger partial charge in [-0.2, -0.15) is 0 Å². The van der Waals surface area contributed by atoms with Gasteiger partial charge in [-0.25, -0.2) is 0 Å². The molecule has 0 aromatic heterocycles. The number of hydrogen-bond acceptors (Lipinski definition) is 0. The highest BCUT2D eigenvalue weighted by Crippen LogP contribution is 2.45. The van der Waals surface area contributed by atoms with Gasteiger partial charge in [0.1, 0.15) is 0 Å². The Morgan fingerprint density at radius 2 is 1.48 bits per heavy atom. The molecule has 0 nitrogen and oxygen atoms in total. The Labute approximate surface area is 144 Å². The van der Waals surface area contributed by atoms with E-state index in [1.165, 1.54) is 64.2 Å². The van der Waals surface area contributed by atoms with Crippen molar-refractivity contribution in [1.29, 1.82) is 0 Å². The maximum absolute atomic E-state index is 5.88. The highest BCUT2D eigenvalue weighted by Gasteiger charge is 2.34. The van der Waals surface area contributed by atoms with Crippen LogP contribution in [0.4, 0.5) is 0 Å². The molecule has 0 aliphatic heterocycles. The second kappa shape index (κ2) is 8.98. The Balaban J connectivity index is 1.34. The number of hydrogen-bond donors (Lipinski definition) is 0. The van der Waals surface area contributed by atoms with Crippen molar-refractivity contribution in [3.8, 4) is 0 Å². The average Bonchev–Trinajstić information content (AvgIpc) is 3.02. The normalized spacial score (nSPS) is 27.7. The van der Waals surface area contributed by atoms with E-state index in [0.717, 1.165) is 30.6 Å². The first-order valence-corrected chi connectivity index (χ1v) is 10.1. The first-order chi connectivity index (χ1) is 10.0. The zero-order valence-corrected chi connectivity index (χ0v) is 15.6. The van der Waals surface area contributed by atoms with Gasteiger partial charge in [-0.1, -0.05) is 63.5 Å². The third-order valence-electron chi connectivity index (χ3n) is 5.23. The maximum Gasteiger partial charge on any atom is 0.0998 e. The number of unbranched alkanes of at least 4 members (excludes halogenated alkanes) is 7. The molecule has 2 aliphatic carbocycles. The zero-order valence-electron chi connectivity index (χ0n) is 13.1. The topological polar surface area (TPSA) is 0 Å². The van der Waals surface area contributed by atoms with E-state index in [1.807, 2.05) is 0 Å². The van der Waals surface area contributed by atoms with E-state index in [-0.39, 0.29) is 0 Å². The van der Waals surface area contributed by atoms with Gasteiger partial charge in [0.05, 0.1) is 14.2 Å². The van der Waals surface area contributed by atoms with Crippen molar-refractivity contribution in [2.75, 3.05) is 0 Å². The fourth-order valence-corrected chi connectivity index (χ4v) is 4.48. The highest BCUT2D eigenvalue weighted by molar-refractivity contribution is 6.65. The van der Waals surface area contributed by atoms with Crippen molar-refractivity contribution in [3.63, 3.8) is 0 Å². The molecule has 2 rings (SSSR count). The molecule has 2 aliphatic rings. The molecule has 3 heteroatoms. The monoisotopic (exact) mass is 343 g/mol. The Hall–Kier alpha value is 0.537. The molecule has 21 heavy (non-hydrogen) atoms. The quantitative estimate of drug-likeness (QED) is 0.176. The Morgan fingerprint density at radius 3 is 2.00 bits per heavy atom. The molecule has 3 atom stereocenters. The lowest BCUT2D eigenvalue weighted by atomic mass is 9.88. The molecule has 2 bridgehead atoms. The summed E-state index contributed by atoms with van der Waals surface area (Å²) in [7, 11) is 3.31. The highest BCUT2D eigenvalue weighted by atomic mass is 35.5. The molecule has 0 aromatic rings. The molecular weight excluding hydrogens is 315 g/mol. The summed E-state index contributed by atoms with van der Waals surface area (Å²) >= 11 is 11.8. The number of alkyl halides is 2. The van der Waals surface area contributed by atoms with Crippen molar-refractivity contribution in [1.82, 2.24) is 0 Å². The molecule has 3 unspecified atom stereocenters. The summed E-state index contributed by atoms with van der Waals surface area (Å²) in [4.78, 5) is 0. The van der Waals surface area contributed by atoms with Crippen LogP contribution in [0.3, 0.4) is 0 Å². The van der Waals surface area contributed by atoms with E-state index in [2.05, 4.69) is 22.4 Å². The van der Waals surface area contributed by atoms with Crippen LogP contribution < -0.4 is 0 Å². The second-order valence-corrected chi connectivity index (χ2v) is 10.1. The SMILES string of the molecule is [Si]C(Cl)(Cl)CCCCCCCCCCC1CC2C=CC1C2. The zero-order chi connectivity index (χ0) is 15.1. The fourth-order valence-electron chi connectivity index (χ4n) is 4.04. The van der Waals surface area contributed by atoms with Crippen molar-refractivity contribution >= 4 is 33.4 Å². The predicted octanol–water partition coefficient (Wildman–Crippen LogP) is 6.40. The summed E-state index contributed by atoms with van der Waals surface area (Å²) in [5.41, 5.74) is 0. The molecule has 1 saturated carbocycles. The van der Waals surface area contributed by atoms with Gasteiger partial charge in [0.2, 0.25) is 0 Å². The fraction of sp³-hybridized carbons (Fsp3) is 0.889. The Bertz CT molecular complexity index is 322. The summed E-state index contributed by atoms with van der Waals surface area (Å²) in [6.07, 6.45) is 21.0. The van der Waals surface area contributed by atoms with E-state index in [1.54, 1.807) is 0 Å². The second-order valence-electron chi connectivity index (χ2n) is 7.11. The van der Waals surface area contributed by atoms with Crippen LogP contribution in [0.25, 0.3) is 0 Å². The Morgan fingerprint density at radius 1 is 0.857 bits per heavy atom. The van der Waals surface area contributed by atoms with Crippen LogP contribution in [0, 0.1) is 17.8 Å². The Kier molecular flexibility index (Phi) is 7.65. The van der Waals surface area contributed by atoms with Gasteiger partial charge >= 0.3 is 0 Å². The number of fused-ring (bicyclic) bond motifs is 2. The molecule has 0 saturated heterocycles. The van der Waals surface area contributed by atoms with Crippen LogP contribution in [0.1, 0.15) is 77.0 Å². The van der Waals surface area contributed by atoms with Crippen molar-refractivity contribution in [2.24, 2.45) is 17.8 Å². The van der Waals surface area contributed by atoms with Gasteiger partial charge in [0, 0.05) is 0 Å². The molecule has 0 aromatic carbocycles. The van der Waals surface area contributed by atoms with Gasteiger partial charge < -0.3 is 0 Å². The lowest BCUT2D eigenvalue weighted by Crippen LogP contribution is -2.11. The summed E-state index contributed by atoms with van der Waals surface area (Å²) in [6, 6.07) is 0. The van der Waals surface area contributed by atoms with Crippen molar-refractivity contribution in [2.45, 2.75) is 81.0 Å². The average molecular weight is 344 g/mol. The minimum absolute atomic E-state index is 0.713. The van der Waals surface area contributed by atoms with Crippen LogP contribution in [-0.4, -0.2) is 14.2 Å². The third-order valence-corrected chi connectivity index (χ3v) is 5.86. The first kappa shape index (κ1) is 17.9. The van der Waals surface area contributed by atoms with Gasteiger partial charge in [-0.05, 0) is 43.4 Å². The molecular formula is C18H29Cl2Si. The molecule has 119 valence electrons. The molecule has 3 radical (unpaired) electrons. The number of rotatable bonds is 11. The number of allylic oxidation sites excluding steroid dienone is 2. The lowest BCUT2D eigenvalue weighted by Gasteiger charge is -2.17. The van der Waals surface area contributed by atoms with Crippen LogP contribution in [0.5, 0.6) is 0 Å². The summed E-state index contributed by atoms with van der Waals surface area (Å²) < 4.78 is -0.713. The predicted molar refractivity (Wildman–Crippen MR) is 95.2 cm³/mol. The van der Waals surface area contributed by atoms with Gasteiger partial charge in [-0.15, -0.1) is 23.2 Å². The van der Waals surface area contributed by atoms with Gasteiger partial charge in [0.25, 0.3) is 0 Å². The van der Waals surface area contributed by atoms with E-state index < -0.39 is 3.96 Å². The number of halogens is 2. The van der Waals surface area contributed by atoms with Gasteiger partial charge in [-0.3, -0.25) is 0 Å². The molecule has 0 N–H and O–H groups in total. The van der Waals surface area contributed by atoms with Crippen LogP contribution >= 0.6 is 23.2 Å².